The summed E-state index contributed by atoms with van der Waals surface area (Å²) in [6.07, 6.45) is 3.88. The maximum absolute atomic E-state index is 5.78. The molecule has 1 aliphatic rings. The van der Waals surface area contributed by atoms with Gasteiger partial charge in [0.1, 0.15) is 5.82 Å². The summed E-state index contributed by atoms with van der Waals surface area (Å²) in [5.74, 6) is 1.38. The van der Waals surface area contributed by atoms with E-state index in [1.165, 1.54) is 19.3 Å². The van der Waals surface area contributed by atoms with Crippen LogP contribution in [0.4, 0.5) is 11.5 Å². The molecule has 94 valence electrons. The van der Waals surface area contributed by atoms with E-state index in [2.05, 4.69) is 17.2 Å². The number of hydrogen-bond acceptors (Lipinski definition) is 4. The zero-order valence-corrected chi connectivity index (χ0v) is 10.6. The lowest BCUT2D eigenvalue weighted by atomic mass is 10.0. The van der Waals surface area contributed by atoms with Gasteiger partial charge in [0, 0.05) is 6.54 Å². The zero-order valence-electron chi connectivity index (χ0n) is 10.6. The Morgan fingerprint density at radius 3 is 2.76 bits per heavy atom. The Kier molecular flexibility index (Phi) is 3.41. The molecule has 0 atom stereocenters. The standard InChI is InChI=1S/C13H21N3O/c1-3-13(7-8-13)9-15-11-6-5-10(14)12(16-11)17-4-2/h5-6H,3-4,7-9,14H2,1-2H3,(H,15,16). The summed E-state index contributed by atoms with van der Waals surface area (Å²) in [5.41, 5.74) is 6.88. The number of hydrogen-bond donors (Lipinski definition) is 2. The van der Waals surface area contributed by atoms with Crippen LogP contribution in [0.5, 0.6) is 5.88 Å². The van der Waals surface area contributed by atoms with E-state index in [4.69, 9.17) is 10.5 Å². The summed E-state index contributed by atoms with van der Waals surface area (Å²) in [6, 6.07) is 3.75. The van der Waals surface area contributed by atoms with Crippen molar-refractivity contribution in [3.63, 3.8) is 0 Å². The van der Waals surface area contributed by atoms with Crippen LogP contribution in [0.3, 0.4) is 0 Å². The molecule has 0 unspecified atom stereocenters. The highest BCUT2D eigenvalue weighted by Crippen LogP contribution is 2.48. The van der Waals surface area contributed by atoms with Crippen LogP contribution in [0.25, 0.3) is 0 Å². The van der Waals surface area contributed by atoms with Crippen molar-refractivity contribution >= 4 is 11.5 Å². The van der Waals surface area contributed by atoms with Gasteiger partial charge in [0.25, 0.3) is 0 Å². The topological polar surface area (TPSA) is 60.2 Å². The smallest absolute Gasteiger partial charge is 0.239 e. The Balaban J connectivity index is 1.98. The van der Waals surface area contributed by atoms with Crippen molar-refractivity contribution in [1.82, 2.24) is 4.98 Å². The molecule has 4 nitrogen and oxygen atoms in total. The molecule has 3 N–H and O–H groups in total. The van der Waals surface area contributed by atoms with Crippen LogP contribution in [0.15, 0.2) is 12.1 Å². The highest BCUT2D eigenvalue weighted by Gasteiger charge is 2.40. The first-order valence-electron chi connectivity index (χ1n) is 6.32. The molecule has 0 spiro atoms. The van der Waals surface area contributed by atoms with Gasteiger partial charge in [-0.25, -0.2) is 0 Å². The lowest BCUT2D eigenvalue weighted by Gasteiger charge is -2.15. The molecule has 1 aromatic heterocycles. The molecule has 0 amide bonds. The van der Waals surface area contributed by atoms with Gasteiger partial charge in [0.15, 0.2) is 0 Å². The molecule has 4 heteroatoms. The van der Waals surface area contributed by atoms with E-state index in [-0.39, 0.29) is 0 Å². The first kappa shape index (κ1) is 12.0. The fourth-order valence-corrected chi connectivity index (χ4v) is 1.91. The summed E-state index contributed by atoms with van der Waals surface area (Å²) in [4.78, 5) is 4.37. The maximum Gasteiger partial charge on any atom is 0.239 e. The number of nitrogens with zero attached hydrogens (tertiary/aromatic N) is 1. The van der Waals surface area contributed by atoms with Crippen LogP contribution in [-0.2, 0) is 0 Å². The second-order valence-electron chi connectivity index (χ2n) is 4.73. The van der Waals surface area contributed by atoms with E-state index in [0.717, 1.165) is 12.4 Å². The molecule has 1 aromatic rings. The van der Waals surface area contributed by atoms with Gasteiger partial charge in [-0.05, 0) is 43.7 Å². The van der Waals surface area contributed by atoms with Gasteiger partial charge in [-0.15, -0.1) is 0 Å². The summed E-state index contributed by atoms with van der Waals surface area (Å²) in [7, 11) is 0. The average molecular weight is 235 g/mol. The van der Waals surface area contributed by atoms with Crippen molar-refractivity contribution in [2.75, 3.05) is 24.2 Å². The maximum atomic E-state index is 5.78. The van der Waals surface area contributed by atoms with Crippen molar-refractivity contribution in [1.29, 1.82) is 0 Å². The lowest BCUT2D eigenvalue weighted by molar-refractivity contribution is 0.329. The Morgan fingerprint density at radius 2 is 2.18 bits per heavy atom. The van der Waals surface area contributed by atoms with Crippen LogP contribution in [-0.4, -0.2) is 18.1 Å². The van der Waals surface area contributed by atoms with Gasteiger partial charge in [-0.1, -0.05) is 6.92 Å². The summed E-state index contributed by atoms with van der Waals surface area (Å²) in [5, 5.41) is 3.38. The molecule has 0 aliphatic heterocycles. The van der Waals surface area contributed by atoms with Crippen LogP contribution in [0, 0.1) is 5.41 Å². The molecule has 1 fully saturated rings. The molecule has 0 bridgehead atoms. The van der Waals surface area contributed by atoms with Crippen molar-refractivity contribution in [3.05, 3.63) is 12.1 Å². The summed E-state index contributed by atoms with van der Waals surface area (Å²) < 4.78 is 5.38. The molecule has 17 heavy (non-hydrogen) atoms. The van der Waals surface area contributed by atoms with Crippen molar-refractivity contribution in [2.24, 2.45) is 5.41 Å². The predicted molar refractivity (Wildman–Crippen MR) is 70.3 cm³/mol. The minimum absolute atomic E-state index is 0.509. The number of nitrogens with two attached hydrogens (primary N) is 1. The van der Waals surface area contributed by atoms with Gasteiger partial charge in [-0.3, -0.25) is 0 Å². The summed E-state index contributed by atoms with van der Waals surface area (Å²) >= 11 is 0. The minimum atomic E-state index is 0.509. The number of pyridine rings is 1. The fraction of sp³-hybridized carbons (Fsp3) is 0.615. The Hall–Kier alpha value is -1.45. The first-order valence-corrected chi connectivity index (χ1v) is 6.32. The van der Waals surface area contributed by atoms with Gasteiger partial charge in [-0.2, -0.15) is 4.98 Å². The molecular formula is C13H21N3O. The number of nitrogens with one attached hydrogen (secondary N) is 1. The van der Waals surface area contributed by atoms with Gasteiger partial charge in [0.2, 0.25) is 5.88 Å². The molecule has 0 saturated heterocycles. The van der Waals surface area contributed by atoms with Gasteiger partial charge in [0.05, 0.1) is 12.3 Å². The number of anilines is 2. The zero-order chi connectivity index (χ0) is 12.3. The van der Waals surface area contributed by atoms with Crippen LogP contribution in [0.2, 0.25) is 0 Å². The van der Waals surface area contributed by atoms with E-state index < -0.39 is 0 Å². The number of ether oxygens (including phenoxy) is 1. The highest BCUT2D eigenvalue weighted by molar-refractivity contribution is 5.53. The van der Waals surface area contributed by atoms with Crippen LogP contribution in [0.1, 0.15) is 33.1 Å². The molecule has 1 heterocycles. The molecule has 0 aromatic carbocycles. The number of nitrogen functional groups attached to an aromatic ring is 1. The molecule has 0 radical (unpaired) electrons. The highest BCUT2D eigenvalue weighted by atomic mass is 16.5. The number of aromatic nitrogens is 1. The normalized spacial score (nSPS) is 16.6. The second-order valence-corrected chi connectivity index (χ2v) is 4.73. The number of rotatable bonds is 6. The molecule has 1 aliphatic carbocycles. The Labute approximate surface area is 103 Å². The first-order chi connectivity index (χ1) is 8.19. The van der Waals surface area contributed by atoms with E-state index in [0.29, 0.717) is 23.6 Å². The monoisotopic (exact) mass is 235 g/mol. The second kappa shape index (κ2) is 4.82. The van der Waals surface area contributed by atoms with E-state index in [1.807, 2.05) is 19.1 Å². The predicted octanol–water partition coefficient (Wildman–Crippen LogP) is 2.66. The van der Waals surface area contributed by atoms with Gasteiger partial charge >= 0.3 is 0 Å². The third-order valence-corrected chi connectivity index (χ3v) is 3.52. The lowest BCUT2D eigenvalue weighted by Crippen LogP contribution is -2.15. The van der Waals surface area contributed by atoms with Crippen LogP contribution >= 0.6 is 0 Å². The molecule has 1 saturated carbocycles. The van der Waals surface area contributed by atoms with E-state index in [9.17, 15) is 0 Å². The minimum Gasteiger partial charge on any atom is -0.476 e. The van der Waals surface area contributed by atoms with Crippen molar-refractivity contribution in [3.8, 4) is 5.88 Å². The van der Waals surface area contributed by atoms with E-state index in [1.54, 1.807) is 0 Å². The fourth-order valence-electron chi connectivity index (χ4n) is 1.91. The van der Waals surface area contributed by atoms with Crippen LogP contribution < -0.4 is 15.8 Å². The largest absolute Gasteiger partial charge is 0.476 e. The van der Waals surface area contributed by atoms with Gasteiger partial charge < -0.3 is 15.8 Å². The SMILES string of the molecule is CCOc1nc(NCC2(CC)CC2)ccc1N. The third kappa shape index (κ3) is 2.81. The quantitative estimate of drug-likeness (QED) is 0.795. The van der Waals surface area contributed by atoms with E-state index >= 15 is 0 Å². The third-order valence-electron chi connectivity index (χ3n) is 3.52. The summed E-state index contributed by atoms with van der Waals surface area (Å²) in [6.45, 7) is 5.75. The average Bonchev–Trinajstić information content (AvgIpc) is 3.11. The Bertz CT molecular complexity index is 388. The molecule has 2 rings (SSSR count). The van der Waals surface area contributed by atoms with Crippen molar-refractivity contribution in [2.45, 2.75) is 33.1 Å². The molecular weight excluding hydrogens is 214 g/mol. The van der Waals surface area contributed by atoms with Crippen molar-refractivity contribution < 1.29 is 4.74 Å². The Morgan fingerprint density at radius 1 is 1.41 bits per heavy atom.